The van der Waals surface area contributed by atoms with Gasteiger partial charge in [0.05, 0.1) is 10.6 Å². The molecule has 1 aliphatic heterocycles. The molecule has 0 saturated carbocycles. The number of benzene rings is 1. The Hall–Kier alpha value is -1.66. The van der Waals surface area contributed by atoms with Crippen molar-refractivity contribution in [3.8, 4) is 5.75 Å². The van der Waals surface area contributed by atoms with E-state index in [2.05, 4.69) is 10.2 Å². The lowest BCUT2D eigenvalue weighted by atomic mass is 10.0. The van der Waals surface area contributed by atoms with Gasteiger partial charge < -0.3 is 16.2 Å². The zero-order chi connectivity index (χ0) is 15.4. The minimum absolute atomic E-state index is 0.0564. The second kappa shape index (κ2) is 6.87. The molecule has 1 fully saturated rings. The number of carbonyl (C=O) groups excluding carboxylic acids is 1. The van der Waals surface area contributed by atoms with Gasteiger partial charge in [-0.3, -0.25) is 9.69 Å². The zero-order valence-electron chi connectivity index (χ0n) is 12.1. The number of para-hydroxylation sites is 1. The fourth-order valence-electron chi connectivity index (χ4n) is 2.56. The Labute approximate surface area is 130 Å². The molecule has 0 spiro atoms. The average Bonchev–Trinajstić information content (AvgIpc) is 2.43. The van der Waals surface area contributed by atoms with Crippen molar-refractivity contribution >= 4 is 23.1 Å². The summed E-state index contributed by atoms with van der Waals surface area (Å²) >= 11 is 4.90. The highest BCUT2D eigenvalue weighted by atomic mass is 32.1. The summed E-state index contributed by atoms with van der Waals surface area (Å²) < 4.78 is 0. The molecule has 6 heteroatoms. The number of thiocarbonyl (C=S) groups is 1. The Morgan fingerprint density at radius 3 is 2.76 bits per heavy atom. The number of aromatic hydroxyl groups is 1. The monoisotopic (exact) mass is 307 g/mol. The molecule has 2 rings (SSSR count). The number of amides is 1. The Bertz CT molecular complexity index is 540. The molecule has 1 aromatic rings. The molecule has 0 radical (unpaired) electrons. The minimum Gasteiger partial charge on any atom is -0.507 e. The van der Waals surface area contributed by atoms with Gasteiger partial charge in [0.2, 0.25) is 0 Å². The van der Waals surface area contributed by atoms with E-state index in [0.29, 0.717) is 22.7 Å². The SMILES string of the molecule is Cc1cccc(C(=O)NC2CCN(CC(N)=S)CC2)c1O. The standard InChI is InChI=1S/C15H21N3O2S/c1-10-3-2-4-12(14(10)19)15(20)17-11-5-7-18(8-6-11)9-13(16)21/h2-4,11,19H,5-9H2,1H3,(H2,16,21)(H,17,20). The van der Waals surface area contributed by atoms with Gasteiger partial charge in [0.25, 0.3) is 5.91 Å². The minimum atomic E-state index is -0.219. The van der Waals surface area contributed by atoms with Crippen LogP contribution in [0.2, 0.25) is 0 Å². The quantitative estimate of drug-likeness (QED) is 0.728. The van der Waals surface area contributed by atoms with E-state index >= 15 is 0 Å². The lowest BCUT2D eigenvalue weighted by Crippen LogP contribution is -2.46. The number of hydrogen-bond donors (Lipinski definition) is 3. The smallest absolute Gasteiger partial charge is 0.255 e. The van der Waals surface area contributed by atoms with Gasteiger partial charge in [0, 0.05) is 25.7 Å². The summed E-state index contributed by atoms with van der Waals surface area (Å²) in [4.78, 5) is 14.9. The number of aryl methyl sites for hydroxylation is 1. The molecule has 0 bridgehead atoms. The summed E-state index contributed by atoms with van der Waals surface area (Å²) in [6.45, 7) is 4.14. The van der Waals surface area contributed by atoms with Crippen LogP contribution < -0.4 is 11.1 Å². The van der Waals surface area contributed by atoms with Crippen molar-refractivity contribution in [3.05, 3.63) is 29.3 Å². The molecular formula is C15H21N3O2S. The third-order valence-electron chi connectivity index (χ3n) is 3.78. The Balaban J connectivity index is 1.90. The van der Waals surface area contributed by atoms with Crippen LogP contribution in [0.4, 0.5) is 0 Å². The molecule has 1 amide bonds. The van der Waals surface area contributed by atoms with Crippen molar-refractivity contribution in [2.75, 3.05) is 19.6 Å². The van der Waals surface area contributed by atoms with Crippen LogP contribution in [-0.2, 0) is 0 Å². The molecule has 4 N–H and O–H groups in total. The third kappa shape index (κ3) is 4.15. The summed E-state index contributed by atoms with van der Waals surface area (Å²) in [5.74, 6) is -0.162. The number of carbonyl (C=O) groups is 1. The van der Waals surface area contributed by atoms with Crippen LogP contribution in [0.3, 0.4) is 0 Å². The van der Waals surface area contributed by atoms with Gasteiger partial charge in [0.1, 0.15) is 5.75 Å². The van der Waals surface area contributed by atoms with Gasteiger partial charge in [-0.2, -0.15) is 0 Å². The Morgan fingerprint density at radius 1 is 1.48 bits per heavy atom. The number of piperidine rings is 1. The van der Waals surface area contributed by atoms with Crippen LogP contribution in [0.5, 0.6) is 5.75 Å². The first-order valence-corrected chi connectivity index (χ1v) is 7.48. The van der Waals surface area contributed by atoms with Crippen molar-refractivity contribution in [1.82, 2.24) is 10.2 Å². The first-order valence-electron chi connectivity index (χ1n) is 7.07. The predicted molar refractivity (Wildman–Crippen MR) is 86.6 cm³/mol. The number of nitrogens with zero attached hydrogens (tertiary/aromatic N) is 1. The normalized spacial score (nSPS) is 16.6. The summed E-state index contributed by atoms with van der Waals surface area (Å²) in [6.07, 6.45) is 1.72. The molecule has 0 unspecified atom stereocenters. The maximum atomic E-state index is 12.2. The predicted octanol–water partition coefficient (Wildman–Crippen LogP) is 1.18. The lowest BCUT2D eigenvalue weighted by molar-refractivity contribution is 0.0912. The molecule has 21 heavy (non-hydrogen) atoms. The Morgan fingerprint density at radius 2 is 2.14 bits per heavy atom. The zero-order valence-corrected chi connectivity index (χ0v) is 12.9. The average molecular weight is 307 g/mol. The molecule has 1 aliphatic rings. The van der Waals surface area contributed by atoms with E-state index in [1.165, 1.54) is 0 Å². The van der Waals surface area contributed by atoms with E-state index in [9.17, 15) is 9.90 Å². The summed E-state index contributed by atoms with van der Waals surface area (Å²) in [5, 5.41) is 12.9. The van der Waals surface area contributed by atoms with Gasteiger partial charge in [-0.25, -0.2) is 0 Å². The topological polar surface area (TPSA) is 78.6 Å². The van der Waals surface area contributed by atoms with Crippen molar-refractivity contribution in [2.45, 2.75) is 25.8 Å². The molecule has 1 heterocycles. The van der Waals surface area contributed by atoms with E-state index in [0.717, 1.165) is 25.9 Å². The number of hydrogen-bond acceptors (Lipinski definition) is 4. The van der Waals surface area contributed by atoms with Crippen LogP contribution >= 0.6 is 12.2 Å². The highest BCUT2D eigenvalue weighted by Crippen LogP contribution is 2.21. The van der Waals surface area contributed by atoms with E-state index in [4.69, 9.17) is 18.0 Å². The van der Waals surface area contributed by atoms with Gasteiger partial charge in [-0.1, -0.05) is 24.4 Å². The van der Waals surface area contributed by atoms with Crippen molar-refractivity contribution in [1.29, 1.82) is 0 Å². The number of nitrogens with two attached hydrogens (primary N) is 1. The first kappa shape index (κ1) is 15.7. The van der Waals surface area contributed by atoms with Gasteiger partial charge >= 0.3 is 0 Å². The maximum absolute atomic E-state index is 12.2. The highest BCUT2D eigenvalue weighted by Gasteiger charge is 2.22. The fraction of sp³-hybridized carbons (Fsp3) is 0.467. The number of rotatable bonds is 4. The van der Waals surface area contributed by atoms with Crippen LogP contribution in [0.15, 0.2) is 18.2 Å². The first-order chi connectivity index (χ1) is 9.97. The summed E-state index contributed by atoms with van der Waals surface area (Å²) in [5.41, 5.74) is 6.57. The van der Waals surface area contributed by atoms with Crippen molar-refractivity contribution in [2.24, 2.45) is 5.73 Å². The maximum Gasteiger partial charge on any atom is 0.255 e. The molecule has 1 saturated heterocycles. The third-order valence-corrected chi connectivity index (χ3v) is 3.91. The molecule has 0 aliphatic carbocycles. The van der Waals surface area contributed by atoms with E-state index < -0.39 is 0 Å². The second-order valence-corrected chi connectivity index (χ2v) is 5.99. The van der Waals surface area contributed by atoms with Gasteiger partial charge in [-0.05, 0) is 31.4 Å². The van der Waals surface area contributed by atoms with Gasteiger partial charge in [-0.15, -0.1) is 0 Å². The lowest BCUT2D eigenvalue weighted by Gasteiger charge is -2.32. The van der Waals surface area contributed by atoms with Crippen LogP contribution in [-0.4, -0.2) is 46.6 Å². The molecular weight excluding hydrogens is 286 g/mol. The highest BCUT2D eigenvalue weighted by molar-refractivity contribution is 7.80. The van der Waals surface area contributed by atoms with Crippen LogP contribution in [0, 0.1) is 6.92 Å². The molecule has 5 nitrogen and oxygen atoms in total. The summed E-state index contributed by atoms with van der Waals surface area (Å²) in [6, 6.07) is 5.31. The Kier molecular flexibility index (Phi) is 5.14. The number of likely N-dealkylation sites (tertiary alicyclic amines) is 1. The van der Waals surface area contributed by atoms with Crippen molar-refractivity contribution in [3.63, 3.8) is 0 Å². The van der Waals surface area contributed by atoms with Crippen LogP contribution in [0.25, 0.3) is 0 Å². The number of phenols is 1. The fourth-order valence-corrected chi connectivity index (χ4v) is 2.74. The number of phenolic OH excluding ortho intramolecular Hbond substituents is 1. The van der Waals surface area contributed by atoms with Crippen molar-refractivity contribution < 1.29 is 9.90 Å². The molecule has 1 aromatic carbocycles. The van der Waals surface area contributed by atoms with Crippen LogP contribution in [0.1, 0.15) is 28.8 Å². The number of nitrogens with one attached hydrogen (secondary N) is 1. The molecule has 114 valence electrons. The van der Waals surface area contributed by atoms with E-state index in [1.807, 2.05) is 0 Å². The van der Waals surface area contributed by atoms with E-state index in [1.54, 1.807) is 25.1 Å². The summed E-state index contributed by atoms with van der Waals surface area (Å²) in [7, 11) is 0. The molecule has 0 atom stereocenters. The molecule has 0 aromatic heterocycles. The van der Waals surface area contributed by atoms with E-state index in [-0.39, 0.29) is 17.7 Å². The second-order valence-electron chi connectivity index (χ2n) is 5.46. The van der Waals surface area contributed by atoms with Gasteiger partial charge in [0.15, 0.2) is 0 Å². The largest absolute Gasteiger partial charge is 0.507 e.